The molecule has 0 aliphatic carbocycles. The number of alkyl halides is 3. The topological polar surface area (TPSA) is 72.6 Å². The number of rotatable bonds is 11. The van der Waals surface area contributed by atoms with Crippen LogP contribution in [-0.4, -0.2) is 22.2 Å². The number of nitrogens with zero attached hydrogens (tertiary/aromatic N) is 1. The number of furan rings is 1. The number of ether oxygens (including phenoxy) is 1. The standard InChI is InChI=1S/C28H26F3NO4S2/c1-3-4-24(27(33)34)36-23-10-9-21(13-17(23)2)37-16-25-22(14-18-11-12-35-15-18)32-26(38-25)19-5-7-20(8-6-19)28(29,30)31/h5-13,15,24H,3-4,14,16H2,1-2H3,(H,33,34). The maximum atomic E-state index is 13.0. The number of aromatic nitrogens is 1. The Labute approximate surface area is 226 Å². The molecule has 0 aliphatic heterocycles. The summed E-state index contributed by atoms with van der Waals surface area (Å²) in [5.41, 5.74) is 2.58. The van der Waals surface area contributed by atoms with E-state index in [0.29, 0.717) is 41.3 Å². The van der Waals surface area contributed by atoms with Gasteiger partial charge >= 0.3 is 12.1 Å². The van der Waals surface area contributed by atoms with Gasteiger partial charge in [0.15, 0.2) is 6.10 Å². The lowest BCUT2D eigenvalue weighted by Gasteiger charge is -2.16. The summed E-state index contributed by atoms with van der Waals surface area (Å²) in [7, 11) is 0. The Morgan fingerprint density at radius 3 is 2.55 bits per heavy atom. The second kappa shape index (κ2) is 12.1. The Kier molecular flexibility index (Phi) is 8.83. The molecule has 1 unspecified atom stereocenters. The summed E-state index contributed by atoms with van der Waals surface area (Å²) in [6.07, 6.45) is -0.356. The molecule has 5 nitrogen and oxygen atoms in total. The van der Waals surface area contributed by atoms with Crippen molar-refractivity contribution in [2.75, 3.05) is 0 Å². The van der Waals surface area contributed by atoms with Crippen molar-refractivity contribution in [3.05, 3.63) is 88.3 Å². The van der Waals surface area contributed by atoms with Crippen LogP contribution < -0.4 is 4.74 Å². The molecule has 0 bridgehead atoms. The van der Waals surface area contributed by atoms with Crippen molar-refractivity contribution in [2.45, 2.75) is 56.0 Å². The first kappa shape index (κ1) is 27.8. The van der Waals surface area contributed by atoms with Crippen molar-refractivity contribution in [1.29, 1.82) is 0 Å². The van der Waals surface area contributed by atoms with Gasteiger partial charge in [0.05, 0.1) is 23.8 Å². The second-order valence-electron chi connectivity index (χ2n) is 8.72. The number of thiazole rings is 1. The van der Waals surface area contributed by atoms with Gasteiger partial charge in [-0.1, -0.05) is 25.5 Å². The fourth-order valence-corrected chi connectivity index (χ4v) is 5.97. The summed E-state index contributed by atoms with van der Waals surface area (Å²) in [6, 6.07) is 12.5. The molecule has 2 aromatic heterocycles. The summed E-state index contributed by atoms with van der Waals surface area (Å²) >= 11 is 3.06. The molecule has 1 atom stereocenters. The maximum absolute atomic E-state index is 13.0. The minimum absolute atomic E-state index is 0.428. The predicted octanol–water partition coefficient (Wildman–Crippen LogP) is 8.25. The first-order chi connectivity index (χ1) is 18.1. The summed E-state index contributed by atoms with van der Waals surface area (Å²) in [4.78, 5) is 18.2. The highest BCUT2D eigenvalue weighted by Crippen LogP contribution is 2.37. The highest BCUT2D eigenvalue weighted by molar-refractivity contribution is 7.98. The Bertz CT molecular complexity index is 1370. The Morgan fingerprint density at radius 1 is 1.18 bits per heavy atom. The zero-order chi connectivity index (χ0) is 27.3. The predicted molar refractivity (Wildman–Crippen MR) is 142 cm³/mol. The summed E-state index contributed by atoms with van der Waals surface area (Å²) in [5.74, 6) is 0.167. The third-order valence-corrected chi connectivity index (χ3v) is 8.15. The van der Waals surface area contributed by atoms with Gasteiger partial charge in [-0.15, -0.1) is 23.1 Å². The molecule has 0 fully saturated rings. The SMILES string of the molecule is CCCC(Oc1ccc(SCc2sc(-c3ccc(C(F)(F)F)cc3)nc2Cc2ccoc2)cc1C)C(=O)O. The second-order valence-corrected chi connectivity index (χ2v) is 10.9. The molecule has 4 rings (SSSR count). The molecule has 0 amide bonds. The van der Waals surface area contributed by atoms with Crippen molar-refractivity contribution < 1.29 is 32.2 Å². The number of aliphatic carboxylic acids is 1. The summed E-state index contributed by atoms with van der Waals surface area (Å²) in [6.45, 7) is 3.79. The number of hydrogen-bond donors (Lipinski definition) is 1. The van der Waals surface area contributed by atoms with E-state index in [1.54, 1.807) is 30.4 Å². The monoisotopic (exact) mass is 561 g/mol. The van der Waals surface area contributed by atoms with Crippen LogP contribution in [-0.2, 0) is 23.1 Å². The number of thioether (sulfide) groups is 1. The van der Waals surface area contributed by atoms with Gasteiger partial charge in [0, 0.05) is 27.5 Å². The van der Waals surface area contributed by atoms with E-state index in [-0.39, 0.29) is 0 Å². The lowest BCUT2D eigenvalue weighted by atomic mass is 10.1. The van der Waals surface area contributed by atoms with Crippen LogP contribution in [0.3, 0.4) is 0 Å². The Morgan fingerprint density at radius 2 is 1.95 bits per heavy atom. The van der Waals surface area contributed by atoms with Gasteiger partial charge in [-0.05, 0) is 60.9 Å². The molecule has 0 saturated carbocycles. The highest BCUT2D eigenvalue weighted by Gasteiger charge is 2.30. The smallest absolute Gasteiger partial charge is 0.416 e. The van der Waals surface area contributed by atoms with Crippen molar-refractivity contribution >= 4 is 29.1 Å². The van der Waals surface area contributed by atoms with Gasteiger partial charge in [-0.3, -0.25) is 0 Å². The number of aryl methyl sites for hydroxylation is 1. The number of carboxylic acids is 1. The van der Waals surface area contributed by atoms with Crippen molar-refractivity contribution in [3.63, 3.8) is 0 Å². The van der Waals surface area contributed by atoms with E-state index in [0.717, 1.165) is 38.7 Å². The number of benzene rings is 2. The van der Waals surface area contributed by atoms with Crippen LogP contribution >= 0.6 is 23.1 Å². The van der Waals surface area contributed by atoms with E-state index >= 15 is 0 Å². The van der Waals surface area contributed by atoms with Crippen LogP contribution in [0, 0.1) is 6.92 Å². The molecule has 0 saturated heterocycles. The van der Waals surface area contributed by atoms with Crippen LogP contribution in [0.2, 0.25) is 0 Å². The minimum atomic E-state index is -4.39. The van der Waals surface area contributed by atoms with Gasteiger partial charge < -0.3 is 14.3 Å². The highest BCUT2D eigenvalue weighted by atomic mass is 32.2. The molecule has 0 radical (unpaired) electrons. The van der Waals surface area contributed by atoms with E-state index in [1.807, 2.05) is 32.0 Å². The number of carbonyl (C=O) groups is 1. The Hall–Kier alpha value is -3.24. The van der Waals surface area contributed by atoms with E-state index in [2.05, 4.69) is 0 Å². The largest absolute Gasteiger partial charge is 0.479 e. The molecule has 0 spiro atoms. The van der Waals surface area contributed by atoms with Gasteiger partial charge in [0.2, 0.25) is 0 Å². The first-order valence-electron chi connectivity index (χ1n) is 11.9. The molecule has 0 aliphatic rings. The summed E-state index contributed by atoms with van der Waals surface area (Å²) in [5, 5.41) is 10.0. The van der Waals surface area contributed by atoms with Gasteiger partial charge in [0.25, 0.3) is 0 Å². The molecular formula is C28H26F3NO4S2. The van der Waals surface area contributed by atoms with Crippen LogP contribution in [0.15, 0.2) is 70.4 Å². The van der Waals surface area contributed by atoms with Gasteiger partial charge in [-0.25, -0.2) is 9.78 Å². The molecule has 200 valence electrons. The molecule has 2 heterocycles. The van der Waals surface area contributed by atoms with E-state index in [1.165, 1.54) is 23.5 Å². The first-order valence-corrected chi connectivity index (χ1v) is 13.7. The number of halogens is 3. The maximum Gasteiger partial charge on any atom is 0.416 e. The lowest BCUT2D eigenvalue weighted by Crippen LogP contribution is -2.26. The average Bonchev–Trinajstić information content (AvgIpc) is 3.53. The van der Waals surface area contributed by atoms with Crippen molar-refractivity contribution in [1.82, 2.24) is 4.98 Å². The molecule has 10 heteroatoms. The van der Waals surface area contributed by atoms with E-state index in [4.69, 9.17) is 14.1 Å². The third-order valence-electron chi connectivity index (χ3n) is 5.80. The third kappa shape index (κ3) is 6.99. The fourth-order valence-electron chi connectivity index (χ4n) is 3.79. The van der Waals surface area contributed by atoms with Crippen LogP contribution in [0.5, 0.6) is 5.75 Å². The van der Waals surface area contributed by atoms with Crippen LogP contribution in [0.1, 0.15) is 47.0 Å². The average molecular weight is 562 g/mol. The van der Waals surface area contributed by atoms with E-state index < -0.39 is 23.8 Å². The molecule has 38 heavy (non-hydrogen) atoms. The Balaban J connectivity index is 1.53. The quantitative estimate of drug-likeness (QED) is 0.186. The normalized spacial score (nSPS) is 12.4. The molecule has 1 N–H and O–H groups in total. The van der Waals surface area contributed by atoms with Crippen molar-refractivity contribution in [3.8, 4) is 16.3 Å². The van der Waals surface area contributed by atoms with Crippen LogP contribution in [0.4, 0.5) is 13.2 Å². The molecule has 4 aromatic rings. The van der Waals surface area contributed by atoms with Gasteiger partial charge in [-0.2, -0.15) is 13.2 Å². The van der Waals surface area contributed by atoms with Crippen molar-refractivity contribution in [2.24, 2.45) is 0 Å². The lowest BCUT2D eigenvalue weighted by molar-refractivity contribution is -0.145. The zero-order valence-corrected chi connectivity index (χ0v) is 22.4. The number of hydrogen-bond acceptors (Lipinski definition) is 6. The molecular weight excluding hydrogens is 535 g/mol. The fraction of sp³-hybridized carbons (Fsp3) is 0.286. The molecule has 2 aromatic carbocycles. The van der Waals surface area contributed by atoms with E-state index in [9.17, 15) is 23.1 Å². The van der Waals surface area contributed by atoms with Crippen LogP contribution in [0.25, 0.3) is 10.6 Å². The minimum Gasteiger partial charge on any atom is -0.479 e. The zero-order valence-electron chi connectivity index (χ0n) is 20.7. The number of carboxylic acid groups (broad SMARTS) is 1. The summed E-state index contributed by atoms with van der Waals surface area (Å²) < 4.78 is 49.9. The van der Waals surface area contributed by atoms with Gasteiger partial charge in [0.1, 0.15) is 10.8 Å².